The summed E-state index contributed by atoms with van der Waals surface area (Å²) in [4.78, 5) is 30.2. The molecule has 47 heavy (non-hydrogen) atoms. The number of carbonyl (C=O) groups excluding carboxylic acids is 2. The predicted octanol–water partition coefficient (Wildman–Crippen LogP) is 7.52. The lowest BCUT2D eigenvalue weighted by atomic mass is 10.0. The minimum absolute atomic E-state index is 0.00171. The van der Waals surface area contributed by atoms with Gasteiger partial charge in [0.1, 0.15) is 12.6 Å². The maximum Gasteiger partial charge on any atom is 0.264 e. The molecule has 1 atom stereocenters. The maximum absolute atomic E-state index is 14.6. The molecule has 0 aliphatic heterocycles. The molecule has 0 heterocycles. The van der Waals surface area contributed by atoms with Gasteiger partial charge >= 0.3 is 0 Å². The van der Waals surface area contributed by atoms with E-state index in [0.717, 1.165) is 21.0 Å². The van der Waals surface area contributed by atoms with Gasteiger partial charge in [0.25, 0.3) is 10.0 Å². The summed E-state index contributed by atoms with van der Waals surface area (Å²) in [5.41, 5.74) is 3.21. The first-order valence-corrected chi connectivity index (χ1v) is 17.6. The van der Waals surface area contributed by atoms with Crippen molar-refractivity contribution < 1.29 is 18.0 Å². The third-order valence-electron chi connectivity index (χ3n) is 7.80. The van der Waals surface area contributed by atoms with Crippen LogP contribution in [0.15, 0.2) is 108 Å². The molecule has 0 spiro atoms. The fourth-order valence-corrected chi connectivity index (χ4v) is 6.82. The van der Waals surface area contributed by atoms with Gasteiger partial charge in [0, 0.05) is 23.5 Å². The Morgan fingerprint density at radius 3 is 2.00 bits per heavy atom. The molecule has 7 nitrogen and oxygen atoms in total. The van der Waals surface area contributed by atoms with Crippen molar-refractivity contribution in [2.24, 2.45) is 0 Å². The van der Waals surface area contributed by atoms with Gasteiger partial charge < -0.3 is 10.2 Å². The van der Waals surface area contributed by atoms with Crippen LogP contribution in [0.5, 0.6) is 0 Å². The number of hydrogen-bond acceptors (Lipinski definition) is 4. The first kappa shape index (κ1) is 35.7. The minimum atomic E-state index is -4.19. The van der Waals surface area contributed by atoms with E-state index in [2.05, 4.69) is 19.2 Å². The van der Waals surface area contributed by atoms with E-state index >= 15 is 0 Å². The zero-order valence-corrected chi connectivity index (χ0v) is 29.5. The highest BCUT2D eigenvalue weighted by Gasteiger charge is 2.36. The third kappa shape index (κ3) is 9.46. The van der Waals surface area contributed by atoms with Crippen LogP contribution in [-0.4, -0.2) is 43.3 Å². The molecule has 0 radical (unpaired) electrons. The fraction of sp³-hybridized carbons (Fsp3) is 0.316. The highest BCUT2D eigenvalue weighted by atomic mass is 35.5. The monoisotopic (exact) mass is 673 g/mol. The SMILES string of the molecule is Cc1ccc(S(=O)(=O)N(CC(=O)N(Cc2ccccc2Cl)C(Cc2ccccc2)C(=O)NC(C)(C)C)c2ccc(C(C)C)cc2)cc1. The zero-order valence-electron chi connectivity index (χ0n) is 27.9. The van der Waals surface area contributed by atoms with Crippen molar-refractivity contribution in [3.8, 4) is 0 Å². The molecule has 0 bridgehead atoms. The molecule has 0 saturated carbocycles. The Kier molecular flexibility index (Phi) is 11.5. The Balaban J connectivity index is 1.83. The van der Waals surface area contributed by atoms with Gasteiger partial charge in [-0.1, -0.05) is 104 Å². The number of hydrogen-bond donors (Lipinski definition) is 1. The van der Waals surface area contributed by atoms with Crippen molar-refractivity contribution in [1.29, 1.82) is 0 Å². The number of halogens is 1. The topological polar surface area (TPSA) is 86.8 Å². The second-order valence-electron chi connectivity index (χ2n) is 13.1. The lowest BCUT2D eigenvalue weighted by Gasteiger charge is -2.35. The number of sulfonamides is 1. The smallest absolute Gasteiger partial charge is 0.264 e. The molecule has 9 heteroatoms. The Morgan fingerprint density at radius 2 is 1.43 bits per heavy atom. The largest absolute Gasteiger partial charge is 0.350 e. The van der Waals surface area contributed by atoms with Crippen molar-refractivity contribution in [2.75, 3.05) is 10.8 Å². The van der Waals surface area contributed by atoms with E-state index in [1.807, 2.05) is 76.2 Å². The standard InChI is InChI=1S/C38H44ClN3O4S/c1-27(2)30-18-20-32(21-19-30)42(47(45,46)33-22-16-28(3)17-23-33)26-36(43)41(25-31-14-10-11-15-34(31)39)35(37(44)40-38(4,5)6)24-29-12-8-7-9-13-29/h7-23,27,35H,24-26H2,1-6H3,(H,40,44). The number of benzene rings is 4. The molecular weight excluding hydrogens is 630 g/mol. The summed E-state index contributed by atoms with van der Waals surface area (Å²) in [5, 5.41) is 3.48. The molecule has 1 unspecified atom stereocenters. The molecule has 248 valence electrons. The quantitative estimate of drug-likeness (QED) is 0.169. The van der Waals surface area contributed by atoms with Crippen LogP contribution in [0, 0.1) is 6.92 Å². The van der Waals surface area contributed by atoms with E-state index in [1.54, 1.807) is 54.6 Å². The van der Waals surface area contributed by atoms with Gasteiger partial charge in [-0.05, 0) is 80.6 Å². The molecule has 0 aromatic heterocycles. The molecule has 4 aromatic carbocycles. The number of nitrogens with zero attached hydrogens (tertiary/aromatic N) is 2. The third-order valence-corrected chi connectivity index (χ3v) is 9.96. The normalized spacial score (nSPS) is 12.4. The lowest BCUT2D eigenvalue weighted by molar-refractivity contribution is -0.140. The average molecular weight is 674 g/mol. The van der Waals surface area contributed by atoms with Gasteiger partial charge in [-0.2, -0.15) is 0 Å². The van der Waals surface area contributed by atoms with E-state index in [4.69, 9.17) is 11.6 Å². The van der Waals surface area contributed by atoms with Gasteiger partial charge in [0.15, 0.2) is 0 Å². The molecule has 4 aromatic rings. The summed E-state index contributed by atoms with van der Waals surface area (Å²) in [5.74, 6) is -0.659. The lowest BCUT2D eigenvalue weighted by Crippen LogP contribution is -2.56. The Bertz CT molecular complexity index is 1770. The van der Waals surface area contributed by atoms with Crippen molar-refractivity contribution in [1.82, 2.24) is 10.2 Å². The summed E-state index contributed by atoms with van der Waals surface area (Å²) >= 11 is 6.59. The molecule has 0 aliphatic carbocycles. The van der Waals surface area contributed by atoms with Gasteiger partial charge in [-0.25, -0.2) is 8.42 Å². The van der Waals surface area contributed by atoms with E-state index in [-0.39, 0.29) is 29.7 Å². The van der Waals surface area contributed by atoms with E-state index in [0.29, 0.717) is 16.3 Å². The van der Waals surface area contributed by atoms with Crippen LogP contribution in [0.1, 0.15) is 62.8 Å². The van der Waals surface area contributed by atoms with Crippen LogP contribution >= 0.6 is 11.6 Å². The second-order valence-corrected chi connectivity index (χ2v) is 15.4. The van der Waals surface area contributed by atoms with Crippen LogP contribution in [0.2, 0.25) is 5.02 Å². The van der Waals surface area contributed by atoms with E-state index in [1.165, 1.54) is 4.90 Å². The zero-order chi connectivity index (χ0) is 34.4. The van der Waals surface area contributed by atoms with Gasteiger partial charge in [-0.3, -0.25) is 13.9 Å². The van der Waals surface area contributed by atoms with Crippen LogP contribution in [0.3, 0.4) is 0 Å². The van der Waals surface area contributed by atoms with Crippen molar-refractivity contribution in [3.63, 3.8) is 0 Å². The highest BCUT2D eigenvalue weighted by Crippen LogP contribution is 2.28. The second kappa shape index (κ2) is 15.2. The molecule has 0 saturated heterocycles. The van der Waals surface area contributed by atoms with Gasteiger partial charge in [0.2, 0.25) is 11.8 Å². The minimum Gasteiger partial charge on any atom is -0.350 e. The number of amides is 2. The summed E-state index contributed by atoms with van der Waals surface area (Å²) in [6, 6.07) is 29.4. The number of carbonyl (C=O) groups is 2. The Hall–Kier alpha value is -4.14. The fourth-order valence-electron chi connectivity index (χ4n) is 5.21. The molecule has 2 amide bonds. The molecule has 1 N–H and O–H groups in total. The van der Waals surface area contributed by atoms with Crippen LogP contribution in [0.4, 0.5) is 5.69 Å². The molecule has 4 rings (SSSR count). The number of aryl methyl sites for hydroxylation is 1. The number of anilines is 1. The molecule has 0 aliphatic rings. The first-order chi connectivity index (χ1) is 22.2. The van der Waals surface area contributed by atoms with Crippen LogP contribution in [0.25, 0.3) is 0 Å². The molecule has 0 fully saturated rings. The van der Waals surface area contributed by atoms with Gasteiger partial charge in [-0.15, -0.1) is 0 Å². The van der Waals surface area contributed by atoms with Crippen molar-refractivity contribution >= 4 is 39.1 Å². The summed E-state index contributed by atoms with van der Waals surface area (Å²) in [6.07, 6.45) is 0.215. The average Bonchev–Trinajstić information content (AvgIpc) is 3.02. The predicted molar refractivity (Wildman–Crippen MR) is 190 cm³/mol. The van der Waals surface area contributed by atoms with Crippen molar-refractivity contribution in [2.45, 2.75) is 76.9 Å². The Labute approximate surface area is 284 Å². The number of nitrogens with one attached hydrogen (secondary N) is 1. The van der Waals surface area contributed by atoms with E-state index in [9.17, 15) is 18.0 Å². The first-order valence-electron chi connectivity index (χ1n) is 15.7. The molecular formula is C38H44ClN3O4S. The summed E-state index contributed by atoms with van der Waals surface area (Å²) in [7, 11) is -4.19. The van der Waals surface area contributed by atoms with Crippen LogP contribution < -0.4 is 9.62 Å². The number of rotatable bonds is 12. The van der Waals surface area contributed by atoms with E-state index < -0.39 is 34.1 Å². The summed E-state index contributed by atoms with van der Waals surface area (Å²) in [6.45, 7) is 11.1. The maximum atomic E-state index is 14.6. The summed E-state index contributed by atoms with van der Waals surface area (Å²) < 4.78 is 29.7. The van der Waals surface area contributed by atoms with Gasteiger partial charge in [0.05, 0.1) is 10.6 Å². The van der Waals surface area contributed by atoms with Crippen LogP contribution in [-0.2, 0) is 32.6 Å². The Morgan fingerprint density at radius 1 is 0.830 bits per heavy atom. The van der Waals surface area contributed by atoms with Crippen molar-refractivity contribution in [3.05, 3.63) is 130 Å². The highest BCUT2D eigenvalue weighted by molar-refractivity contribution is 7.92.